The Morgan fingerprint density at radius 2 is 1.81 bits per heavy atom. The fourth-order valence-electron chi connectivity index (χ4n) is 3.69. The van der Waals surface area contributed by atoms with Crippen molar-refractivity contribution >= 4 is 58.1 Å². The van der Waals surface area contributed by atoms with Crippen molar-refractivity contribution in [1.82, 2.24) is 4.90 Å². The van der Waals surface area contributed by atoms with Gasteiger partial charge in [0.15, 0.2) is 0 Å². The van der Waals surface area contributed by atoms with Crippen LogP contribution in [0.5, 0.6) is 0 Å². The largest absolute Gasteiger partial charge is 0.465 e. The van der Waals surface area contributed by atoms with E-state index in [1.165, 1.54) is 13.2 Å². The van der Waals surface area contributed by atoms with Gasteiger partial charge in [-0.15, -0.1) is 0 Å². The van der Waals surface area contributed by atoms with Crippen molar-refractivity contribution in [3.63, 3.8) is 0 Å². The van der Waals surface area contributed by atoms with E-state index in [9.17, 15) is 19.2 Å². The number of aryl methyl sites for hydroxylation is 2. The number of halogens is 1. The van der Waals surface area contributed by atoms with Crippen LogP contribution in [0.2, 0.25) is 5.02 Å². The average Bonchev–Trinajstić information content (AvgIpc) is 3.38. The molecule has 0 unspecified atom stereocenters. The predicted molar refractivity (Wildman–Crippen MR) is 138 cm³/mol. The molecule has 1 aliphatic rings. The third kappa shape index (κ3) is 5.53. The summed E-state index contributed by atoms with van der Waals surface area (Å²) in [6, 6.07) is 13.7. The van der Waals surface area contributed by atoms with Crippen molar-refractivity contribution in [2.75, 3.05) is 19.0 Å². The van der Waals surface area contributed by atoms with Gasteiger partial charge in [-0.05, 0) is 79.2 Å². The Balaban J connectivity index is 1.47. The van der Waals surface area contributed by atoms with Crippen molar-refractivity contribution in [2.45, 2.75) is 13.8 Å². The highest BCUT2D eigenvalue weighted by atomic mass is 35.5. The third-order valence-corrected chi connectivity index (χ3v) is 6.47. The van der Waals surface area contributed by atoms with Crippen LogP contribution in [0.25, 0.3) is 17.4 Å². The van der Waals surface area contributed by atoms with E-state index in [1.807, 2.05) is 32.0 Å². The number of carbonyl (C=O) groups is 4. The van der Waals surface area contributed by atoms with E-state index in [1.54, 1.807) is 30.3 Å². The lowest BCUT2D eigenvalue weighted by Gasteiger charge is -2.13. The Labute approximate surface area is 216 Å². The summed E-state index contributed by atoms with van der Waals surface area (Å²) in [6.45, 7) is 3.42. The molecule has 0 spiro atoms. The number of carbonyl (C=O) groups excluding carboxylic acids is 4. The minimum atomic E-state index is -0.585. The zero-order valence-corrected chi connectivity index (χ0v) is 21.2. The molecule has 0 aliphatic carbocycles. The van der Waals surface area contributed by atoms with E-state index in [4.69, 9.17) is 20.8 Å². The van der Waals surface area contributed by atoms with Gasteiger partial charge in [-0.2, -0.15) is 0 Å². The lowest BCUT2D eigenvalue weighted by molar-refractivity contribution is -0.127. The van der Waals surface area contributed by atoms with Crippen LogP contribution in [0.3, 0.4) is 0 Å². The maximum absolute atomic E-state index is 12.8. The highest BCUT2D eigenvalue weighted by Gasteiger charge is 2.36. The van der Waals surface area contributed by atoms with Crippen LogP contribution >= 0.6 is 23.4 Å². The molecular formula is C26H21ClN2O6S. The zero-order chi connectivity index (χ0) is 26.0. The van der Waals surface area contributed by atoms with E-state index >= 15 is 0 Å². The second kappa shape index (κ2) is 10.4. The molecule has 10 heteroatoms. The number of benzene rings is 2. The highest BCUT2D eigenvalue weighted by Crippen LogP contribution is 2.34. The average molecular weight is 525 g/mol. The number of rotatable bonds is 6. The standard InChI is InChI=1S/C26H21ClN2O6S/c1-14-8-15(2)10-17(9-14)28-23(30)13-29-24(31)22(36-26(29)33)12-18-5-7-21(35-18)16-4-6-20(27)19(11-16)25(32)34-3/h4-12H,13H2,1-3H3,(H,28,30)/b22-12+. The van der Waals surface area contributed by atoms with Gasteiger partial charge in [-0.25, -0.2) is 4.79 Å². The molecule has 0 saturated carbocycles. The molecule has 3 aromatic rings. The van der Waals surface area contributed by atoms with E-state index < -0.39 is 29.6 Å². The van der Waals surface area contributed by atoms with Crippen LogP contribution in [0.4, 0.5) is 10.5 Å². The fourth-order valence-corrected chi connectivity index (χ4v) is 4.70. The monoisotopic (exact) mass is 524 g/mol. The maximum Gasteiger partial charge on any atom is 0.339 e. The van der Waals surface area contributed by atoms with Crippen molar-refractivity contribution in [1.29, 1.82) is 0 Å². The predicted octanol–water partition coefficient (Wildman–Crippen LogP) is 5.68. The molecule has 2 heterocycles. The molecular weight excluding hydrogens is 504 g/mol. The van der Waals surface area contributed by atoms with Crippen molar-refractivity contribution in [3.8, 4) is 11.3 Å². The van der Waals surface area contributed by atoms with Gasteiger partial charge in [-0.3, -0.25) is 19.3 Å². The topological polar surface area (TPSA) is 106 Å². The van der Waals surface area contributed by atoms with Gasteiger partial charge in [0, 0.05) is 17.3 Å². The summed E-state index contributed by atoms with van der Waals surface area (Å²) in [5.41, 5.74) is 3.33. The van der Waals surface area contributed by atoms with E-state index in [0.717, 1.165) is 27.8 Å². The van der Waals surface area contributed by atoms with Crippen molar-refractivity contribution < 1.29 is 28.3 Å². The number of nitrogens with one attached hydrogen (secondary N) is 1. The van der Waals surface area contributed by atoms with Gasteiger partial charge in [0.25, 0.3) is 11.1 Å². The van der Waals surface area contributed by atoms with Crippen molar-refractivity contribution in [2.24, 2.45) is 0 Å². The molecule has 0 radical (unpaired) electrons. The molecule has 0 atom stereocenters. The smallest absolute Gasteiger partial charge is 0.339 e. The van der Waals surface area contributed by atoms with Gasteiger partial charge in [0.1, 0.15) is 18.1 Å². The van der Waals surface area contributed by atoms with E-state index in [0.29, 0.717) is 22.8 Å². The number of furan rings is 1. The first-order chi connectivity index (χ1) is 17.1. The highest BCUT2D eigenvalue weighted by molar-refractivity contribution is 8.18. The number of hydrogen-bond donors (Lipinski definition) is 1. The number of ether oxygens (including phenoxy) is 1. The summed E-state index contributed by atoms with van der Waals surface area (Å²) >= 11 is 6.79. The maximum atomic E-state index is 12.8. The summed E-state index contributed by atoms with van der Waals surface area (Å²) < 4.78 is 10.5. The summed E-state index contributed by atoms with van der Waals surface area (Å²) in [7, 11) is 1.26. The number of nitrogens with zero attached hydrogens (tertiary/aromatic N) is 1. The van der Waals surface area contributed by atoms with Crippen molar-refractivity contribution in [3.05, 3.63) is 80.9 Å². The summed E-state index contributed by atoms with van der Waals surface area (Å²) in [5.74, 6) is -0.894. The number of imide groups is 1. The molecule has 1 saturated heterocycles. The number of hydrogen-bond acceptors (Lipinski definition) is 7. The fraction of sp³-hybridized carbons (Fsp3) is 0.154. The zero-order valence-electron chi connectivity index (χ0n) is 19.6. The molecule has 1 aromatic heterocycles. The SMILES string of the molecule is COC(=O)c1cc(-c2ccc(/C=C3/SC(=O)N(CC(=O)Nc4cc(C)cc(C)c4)C3=O)o2)ccc1Cl. The summed E-state index contributed by atoms with van der Waals surface area (Å²) in [5, 5.41) is 2.42. The first kappa shape index (κ1) is 25.3. The quantitative estimate of drug-likeness (QED) is 0.326. The summed E-state index contributed by atoms with van der Waals surface area (Å²) in [6.07, 6.45) is 1.44. The molecule has 36 heavy (non-hydrogen) atoms. The second-order valence-electron chi connectivity index (χ2n) is 8.08. The number of anilines is 1. The minimum Gasteiger partial charge on any atom is -0.465 e. The Morgan fingerprint density at radius 1 is 1.08 bits per heavy atom. The number of amides is 3. The van der Waals surface area contributed by atoms with Gasteiger partial charge < -0.3 is 14.5 Å². The van der Waals surface area contributed by atoms with Crippen LogP contribution in [0, 0.1) is 13.8 Å². The molecule has 0 bridgehead atoms. The van der Waals surface area contributed by atoms with E-state index in [2.05, 4.69) is 5.32 Å². The van der Waals surface area contributed by atoms with Crippen LogP contribution < -0.4 is 5.32 Å². The molecule has 1 aliphatic heterocycles. The number of thioether (sulfide) groups is 1. The lowest BCUT2D eigenvalue weighted by atomic mass is 10.1. The first-order valence-corrected chi connectivity index (χ1v) is 12.0. The van der Waals surface area contributed by atoms with Crippen LogP contribution in [0.1, 0.15) is 27.2 Å². The van der Waals surface area contributed by atoms with Gasteiger partial charge in [0.2, 0.25) is 5.91 Å². The van der Waals surface area contributed by atoms with Gasteiger partial charge in [-0.1, -0.05) is 17.7 Å². The molecule has 4 rings (SSSR count). The Kier molecular flexibility index (Phi) is 7.32. The third-order valence-electron chi connectivity index (χ3n) is 5.24. The van der Waals surface area contributed by atoms with Crippen LogP contribution in [-0.4, -0.2) is 41.6 Å². The normalized spacial score (nSPS) is 14.4. The second-order valence-corrected chi connectivity index (χ2v) is 9.48. The molecule has 1 N–H and O–H groups in total. The van der Waals surface area contributed by atoms with E-state index in [-0.39, 0.29) is 15.5 Å². The Bertz CT molecular complexity index is 1410. The minimum absolute atomic E-state index is 0.131. The molecule has 2 aromatic carbocycles. The first-order valence-electron chi connectivity index (χ1n) is 10.8. The van der Waals surface area contributed by atoms with Crippen LogP contribution in [0.15, 0.2) is 57.9 Å². The van der Waals surface area contributed by atoms with Gasteiger partial charge in [0.05, 0.1) is 22.6 Å². The molecule has 1 fully saturated rings. The summed E-state index contributed by atoms with van der Waals surface area (Å²) in [4.78, 5) is 50.7. The lowest BCUT2D eigenvalue weighted by Crippen LogP contribution is -2.36. The Morgan fingerprint density at radius 3 is 2.50 bits per heavy atom. The van der Waals surface area contributed by atoms with Crippen LogP contribution in [-0.2, 0) is 14.3 Å². The Hall–Kier alpha value is -3.82. The number of methoxy groups -OCH3 is 1. The molecule has 8 nitrogen and oxygen atoms in total. The molecule has 3 amide bonds. The van der Waals surface area contributed by atoms with Gasteiger partial charge >= 0.3 is 5.97 Å². The molecule has 184 valence electrons. The number of esters is 1.